The zero-order chi connectivity index (χ0) is 19.7. The van der Waals surface area contributed by atoms with E-state index in [9.17, 15) is 14.7 Å². The monoisotopic (exact) mass is 371 g/mol. The molecule has 0 aliphatic carbocycles. The van der Waals surface area contributed by atoms with Gasteiger partial charge < -0.3 is 15.2 Å². The Balaban J connectivity index is 1.84. The SMILES string of the molecule is CC(=O)Nc1ccc(-c2cc(C(=O)[O-])c3c(-c4ccccc4)[nH]nc3n2)cc1. The number of rotatable bonds is 4. The first-order valence-electron chi connectivity index (χ1n) is 8.57. The second-order valence-electron chi connectivity index (χ2n) is 6.26. The van der Waals surface area contributed by atoms with Gasteiger partial charge in [0.1, 0.15) is 0 Å². The van der Waals surface area contributed by atoms with Crippen molar-refractivity contribution < 1.29 is 14.7 Å². The summed E-state index contributed by atoms with van der Waals surface area (Å²) in [6.07, 6.45) is 0. The lowest BCUT2D eigenvalue weighted by atomic mass is 10.0. The van der Waals surface area contributed by atoms with Gasteiger partial charge in [0.15, 0.2) is 5.65 Å². The molecular weight excluding hydrogens is 356 g/mol. The number of fused-ring (bicyclic) bond motifs is 1. The molecule has 0 atom stereocenters. The van der Waals surface area contributed by atoms with Crippen molar-refractivity contribution >= 4 is 28.6 Å². The molecule has 0 radical (unpaired) electrons. The highest BCUT2D eigenvalue weighted by atomic mass is 16.4. The van der Waals surface area contributed by atoms with E-state index in [1.807, 2.05) is 30.3 Å². The molecule has 0 spiro atoms. The Morgan fingerprint density at radius 2 is 1.71 bits per heavy atom. The number of nitrogens with one attached hydrogen (secondary N) is 2. The molecule has 138 valence electrons. The number of amides is 1. The van der Waals surface area contributed by atoms with Gasteiger partial charge in [0.2, 0.25) is 5.91 Å². The van der Waals surface area contributed by atoms with Crippen LogP contribution in [0.25, 0.3) is 33.5 Å². The summed E-state index contributed by atoms with van der Waals surface area (Å²) < 4.78 is 0. The van der Waals surface area contributed by atoms with Crippen molar-refractivity contribution in [2.24, 2.45) is 0 Å². The number of aromatic amines is 1. The summed E-state index contributed by atoms with van der Waals surface area (Å²) in [7, 11) is 0. The third-order valence-electron chi connectivity index (χ3n) is 4.31. The van der Waals surface area contributed by atoms with Gasteiger partial charge in [-0.3, -0.25) is 9.89 Å². The molecule has 4 aromatic rings. The molecule has 0 saturated heterocycles. The maximum absolute atomic E-state index is 11.8. The number of aromatic carboxylic acids is 1. The predicted octanol–water partition coefficient (Wildman–Crippen LogP) is 2.61. The summed E-state index contributed by atoms with van der Waals surface area (Å²) in [6, 6.07) is 17.8. The van der Waals surface area contributed by atoms with Crippen LogP contribution in [0.4, 0.5) is 5.69 Å². The molecule has 0 fully saturated rings. The van der Waals surface area contributed by atoms with Crippen LogP contribution >= 0.6 is 0 Å². The number of nitrogens with zero attached hydrogens (tertiary/aromatic N) is 2. The van der Waals surface area contributed by atoms with Crippen LogP contribution < -0.4 is 10.4 Å². The zero-order valence-electron chi connectivity index (χ0n) is 14.9. The van der Waals surface area contributed by atoms with E-state index in [-0.39, 0.29) is 11.5 Å². The number of hydrogen-bond acceptors (Lipinski definition) is 5. The van der Waals surface area contributed by atoms with Crippen molar-refractivity contribution in [3.8, 4) is 22.5 Å². The first-order valence-corrected chi connectivity index (χ1v) is 8.57. The van der Waals surface area contributed by atoms with Gasteiger partial charge in [0, 0.05) is 29.3 Å². The number of H-pyrrole nitrogens is 1. The number of carboxylic acids is 1. The molecule has 1 amide bonds. The number of pyridine rings is 1. The van der Waals surface area contributed by atoms with E-state index in [2.05, 4.69) is 20.5 Å². The Hall–Kier alpha value is -4.00. The van der Waals surface area contributed by atoms with Crippen LogP contribution in [0.1, 0.15) is 17.3 Å². The molecule has 0 unspecified atom stereocenters. The summed E-state index contributed by atoms with van der Waals surface area (Å²) >= 11 is 0. The molecule has 7 heteroatoms. The first kappa shape index (κ1) is 17.4. The minimum absolute atomic E-state index is 0.0125. The summed E-state index contributed by atoms with van der Waals surface area (Å²) in [5.41, 5.74) is 3.48. The molecule has 4 rings (SSSR count). The maximum atomic E-state index is 11.8. The highest BCUT2D eigenvalue weighted by Gasteiger charge is 2.16. The van der Waals surface area contributed by atoms with E-state index in [4.69, 9.17) is 0 Å². The molecule has 2 heterocycles. The first-order chi connectivity index (χ1) is 13.5. The van der Waals surface area contributed by atoms with Crippen molar-refractivity contribution in [1.82, 2.24) is 15.2 Å². The molecule has 28 heavy (non-hydrogen) atoms. The smallest absolute Gasteiger partial charge is 0.221 e. The Labute approximate surface area is 160 Å². The van der Waals surface area contributed by atoms with Crippen molar-refractivity contribution in [2.75, 3.05) is 5.32 Å². The second kappa shape index (κ2) is 6.96. The van der Waals surface area contributed by atoms with Crippen molar-refractivity contribution in [1.29, 1.82) is 0 Å². The largest absolute Gasteiger partial charge is 0.545 e. The quantitative estimate of drug-likeness (QED) is 0.573. The van der Waals surface area contributed by atoms with E-state index in [1.165, 1.54) is 13.0 Å². The van der Waals surface area contributed by atoms with Gasteiger partial charge in [0.25, 0.3) is 0 Å². The van der Waals surface area contributed by atoms with Crippen LogP contribution in [-0.4, -0.2) is 27.1 Å². The predicted molar refractivity (Wildman–Crippen MR) is 103 cm³/mol. The number of carbonyl (C=O) groups is 2. The molecule has 0 aliphatic rings. The van der Waals surface area contributed by atoms with Gasteiger partial charge in [-0.15, -0.1) is 0 Å². The highest BCUT2D eigenvalue weighted by molar-refractivity contribution is 6.07. The fourth-order valence-corrected chi connectivity index (χ4v) is 3.07. The van der Waals surface area contributed by atoms with Crippen LogP contribution in [0, 0.1) is 0 Å². The fourth-order valence-electron chi connectivity index (χ4n) is 3.07. The zero-order valence-corrected chi connectivity index (χ0v) is 14.9. The average molecular weight is 371 g/mol. The molecular formula is C21H15N4O3-. The summed E-state index contributed by atoms with van der Waals surface area (Å²) in [6.45, 7) is 1.43. The van der Waals surface area contributed by atoms with Crippen LogP contribution in [0.5, 0.6) is 0 Å². The van der Waals surface area contributed by atoms with Gasteiger partial charge >= 0.3 is 0 Å². The number of anilines is 1. The topological polar surface area (TPSA) is 111 Å². The number of aromatic nitrogens is 3. The van der Waals surface area contributed by atoms with Gasteiger partial charge in [-0.2, -0.15) is 5.10 Å². The Morgan fingerprint density at radius 1 is 1.00 bits per heavy atom. The van der Waals surface area contributed by atoms with Gasteiger partial charge in [-0.1, -0.05) is 42.5 Å². The van der Waals surface area contributed by atoms with E-state index < -0.39 is 5.97 Å². The Morgan fingerprint density at radius 3 is 2.36 bits per heavy atom. The third-order valence-corrected chi connectivity index (χ3v) is 4.31. The lowest BCUT2D eigenvalue weighted by molar-refractivity contribution is -0.254. The van der Waals surface area contributed by atoms with E-state index in [0.717, 1.165) is 5.56 Å². The van der Waals surface area contributed by atoms with Crippen molar-refractivity contribution in [3.05, 3.63) is 66.2 Å². The fraction of sp³-hybridized carbons (Fsp3) is 0.0476. The van der Waals surface area contributed by atoms with Gasteiger partial charge in [-0.25, -0.2) is 4.98 Å². The lowest BCUT2D eigenvalue weighted by Gasteiger charge is -2.10. The molecule has 2 aromatic heterocycles. The van der Waals surface area contributed by atoms with E-state index in [0.29, 0.717) is 33.7 Å². The average Bonchev–Trinajstić information content (AvgIpc) is 3.12. The number of benzene rings is 2. The standard InChI is InChI=1S/C21H16N4O3/c1-12(26)22-15-9-7-13(8-10-15)17-11-16(21(27)28)18-19(24-25-20(18)23-17)14-5-3-2-4-6-14/h2-11H,1H3,(H,22,26)(H,27,28)(H,23,24,25)/p-1. The summed E-state index contributed by atoms with van der Waals surface area (Å²) in [5.74, 6) is -1.47. The van der Waals surface area contributed by atoms with E-state index in [1.54, 1.807) is 24.3 Å². The van der Waals surface area contributed by atoms with Crippen LogP contribution in [0.15, 0.2) is 60.7 Å². The molecule has 0 aliphatic heterocycles. The number of hydrogen-bond donors (Lipinski definition) is 2. The van der Waals surface area contributed by atoms with Crippen molar-refractivity contribution in [3.63, 3.8) is 0 Å². The van der Waals surface area contributed by atoms with Gasteiger partial charge in [-0.05, 0) is 18.2 Å². The number of carbonyl (C=O) groups excluding carboxylic acids is 2. The summed E-state index contributed by atoms with van der Waals surface area (Å²) in [4.78, 5) is 27.5. The highest BCUT2D eigenvalue weighted by Crippen LogP contribution is 2.31. The molecule has 2 aromatic carbocycles. The second-order valence-corrected chi connectivity index (χ2v) is 6.26. The normalized spacial score (nSPS) is 10.8. The van der Waals surface area contributed by atoms with Crippen molar-refractivity contribution in [2.45, 2.75) is 6.92 Å². The van der Waals surface area contributed by atoms with Crippen LogP contribution in [0.3, 0.4) is 0 Å². The molecule has 7 nitrogen and oxygen atoms in total. The minimum Gasteiger partial charge on any atom is -0.545 e. The molecule has 0 bridgehead atoms. The Bertz CT molecular complexity index is 1180. The number of carboxylic acid groups (broad SMARTS) is 1. The summed E-state index contributed by atoms with van der Waals surface area (Å²) in [5, 5.41) is 22.0. The van der Waals surface area contributed by atoms with E-state index >= 15 is 0 Å². The third kappa shape index (κ3) is 3.21. The Kier molecular flexibility index (Phi) is 4.33. The van der Waals surface area contributed by atoms with Crippen LogP contribution in [-0.2, 0) is 4.79 Å². The maximum Gasteiger partial charge on any atom is 0.221 e. The minimum atomic E-state index is -1.30. The molecule has 2 N–H and O–H groups in total. The molecule has 0 saturated carbocycles. The van der Waals surface area contributed by atoms with Gasteiger partial charge in [0.05, 0.1) is 22.7 Å². The van der Waals surface area contributed by atoms with Crippen LogP contribution in [0.2, 0.25) is 0 Å². The lowest BCUT2D eigenvalue weighted by Crippen LogP contribution is -2.22.